The zero-order valence-corrected chi connectivity index (χ0v) is 14.6. The molecule has 6 heteroatoms. The van der Waals surface area contributed by atoms with Crippen LogP contribution in [0.15, 0.2) is 59.0 Å². The van der Waals surface area contributed by atoms with Gasteiger partial charge in [0.15, 0.2) is 0 Å². The van der Waals surface area contributed by atoms with Gasteiger partial charge in [0.05, 0.1) is 6.54 Å². The first-order chi connectivity index (χ1) is 13.2. The Morgan fingerprint density at radius 2 is 1.93 bits per heavy atom. The van der Waals surface area contributed by atoms with Crippen molar-refractivity contribution in [2.75, 3.05) is 18.5 Å². The van der Waals surface area contributed by atoms with Crippen molar-refractivity contribution in [2.45, 2.75) is 18.3 Å². The fraction of sp³-hybridized carbons (Fsp3) is 0.238. The second-order valence-electron chi connectivity index (χ2n) is 6.43. The van der Waals surface area contributed by atoms with E-state index >= 15 is 0 Å². The van der Waals surface area contributed by atoms with Gasteiger partial charge < -0.3 is 14.5 Å². The average molecular weight is 363 g/mol. The molecule has 1 heterocycles. The Labute approximate surface area is 156 Å². The first kappa shape index (κ1) is 17.1. The molecule has 2 atom stereocenters. The molecular weight excluding hydrogens is 345 g/mol. The number of anilines is 1. The van der Waals surface area contributed by atoms with E-state index in [1.54, 1.807) is 12.1 Å². The third-order valence-corrected chi connectivity index (χ3v) is 4.55. The number of hydrogen-bond donors (Lipinski definition) is 1. The van der Waals surface area contributed by atoms with Gasteiger partial charge in [0.2, 0.25) is 17.5 Å². The summed E-state index contributed by atoms with van der Waals surface area (Å²) in [6, 6.07) is 18.1. The highest BCUT2D eigenvalue weighted by atomic mass is 19.1. The van der Waals surface area contributed by atoms with Gasteiger partial charge in [0.25, 0.3) is 0 Å². The van der Waals surface area contributed by atoms with Crippen LogP contribution in [0.3, 0.4) is 0 Å². The first-order valence-corrected chi connectivity index (χ1v) is 8.82. The van der Waals surface area contributed by atoms with Crippen molar-refractivity contribution < 1.29 is 13.5 Å². The standard InChI is InChI=1S/C21H18FN3O2/c22-15-8-6-14(7-9-15)17-12-18(17)20-25-19(13-23)21(27-20)24-10-11-26-16-4-2-1-3-5-16/h1-9,17-18,24H,10-12H2. The predicted molar refractivity (Wildman–Crippen MR) is 98.1 cm³/mol. The zero-order chi connectivity index (χ0) is 18.6. The topological polar surface area (TPSA) is 71.1 Å². The van der Waals surface area contributed by atoms with Gasteiger partial charge in [-0.3, -0.25) is 0 Å². The molecule has 1 saturated carbocycles. The molecule has 3 aromatic rings. The van der Waals surface area contributed by atoms with E-state index in [0.29, 0.717) is 24.9 Å². The average Bonchev–Trinajstić information content (AvgIpc) is 3.39. The molecule has 1 N–H and O–H groups in total. The Balaban J connectivity index is 1.35. The Morgan fingerprint density at radius 1 is 1.15 bits per heavy atom. The summed E-state index contributed by atoms with van der Waals surface area (Å²) in [6.45, 7) is 0.927. The lowest BCUT2D eigenvalue weighted by molar-refractivity contribution is 0.331. The maximum absolute atomic E-state index is 13.1. The van der Waals surface area contributed by atoms with Crippen molar-refractivity contribution in [2.24, 2.45) is 0 Å². The van der Waals surface area contributed by atoms with E-state index in [-0.39, 0.29) is 23.3 Å². The van der Waals surface area contributed by atoms with Crippen LogP contribution in [-0.2, 0) is 0 Å². The summed E-state index contributed by atoms with van der Waals surface area (Å²) in [6.07, 6.45) is 0.883. The molecule has 0 saturated heterocycles. The molecule has 1 aliphatic rings. The van der Waals surface area contributed by atoms with Gasteiger partial charge in [0.1, 0.15) is 24.2 Å². The monoisotopic (exact) mass is 363 g/mol. The second-order valence-corrected chi connectivity index (χ2v) is 6.43. The lowest BCUT2D eigenvalue weighted by atomic mass is 10.1. The van der Waals surface area contributed by atoms with E-state index in [1.807, 2.05) is 30.3 Å². The Kier molecular flexibility index (Phi) is 4.75. The van der Waals surface area contributed by atoms with Gasteiger partial charge in [-0.05, 0) is 42.2 Å². The van der Waals surface area contributed by atoms with E-state index in [9.17, 15) is 9.65 Å². The second kappa shape index (κ2) is 7.50. The number of nitrogens with one attached hydrogen (secondary N) is 1. The van der Waals surface area contributed by atoms with Crippen molar-refractivity contribution in [1.82, 2.24) is 4.98 Å². The quantitative estimate of drug-likeness (QED) is 0.628. The van der Waals surface area contributed by atoms with Crippen molar-refractivity contribution in [3.05, 3.63) is 77.6 Å². The minimum absolute atomic E-state index is 0.124. The number of aromatic nitrogens is 1. The number of halogens is 1. The number of rotatable bonds is 7. The molecule has 1 aliphatic carbocycles. The van der Waals surface area contributed by atoms with Crippen LogP contribution in [0.4, 0.5) is 10.3 Å². The van der Waals surface area contributed by atoms with Gasteiger partial charge >= 0.3 is 0 Å². The molecule has 2 aromatic carbocycles. The van der Waals surface area contributed by atoms with Gasteiger partial charge in [-0.25, -0.2) is 9.37 Å². The van der Waals surface area contributed by atoms with Crippen LogP contribution in [0.2, 0.25) is 0 Å². The molecule has 1 aromatic heterocycles. The number of para-hydroxylation sites is 1. The number of ether oxygens (including phenoxy) is 1. The van der Waals surface area contributed by atoms with Crippen LogP contribution < -0.4 is 10.1 Å². The minimum atomic E-state index is -0.247. The molecule has 1 fully saturated rings. The summed E-state index contributed by atoms with van der Waals surface area (Å²) in [4.78, 5) is 4.32. The summed E-state index contributed by atoms with van der Waals surface area (Å²) >= 11 is 0. The summed E-state index contributed by atoms with van der Waals surface area (Å²) in [5, 5.41) is 12.4. The van der Waals surface area contributed by atoms with Gasteiger partial charge in [-0.2, -0.15) is 5.26 Å². The van der Waals surface area contributed by atoms with E-state index in [4.69, 9.17) is 9.15 Å². The molecule has 0 bridgehead atoms. The van der Waals surface area contributed by atoms with E-state index in [0.717, 1.165) is 17.7 Å². The summed E-state index contributed by atoms with van der Waals surface area (Å²) < 4.78 is 24.5. The Morgan fingerprint density at radius 3 is 2.67 bits per heavy atom. The highest BCUT2D eigenvalue weighted by Crippen LogP contribution is 2.54. The summed E-state index contributed by atoms with van der Waals surface area (Å²) in [7, 11) is 0. The molecule has 2 unspecified atom stereocenters. The van der Waals surface area contributed by atoms with Gasteiger partial charge in [-0.15, -0.1) is 0 Å². The number of nitriles is 1. The molecule has 0 amide bonds. The van der Waals surface area contributed by atoms with Gasteiger partial charge in [0, 0.05) is 5.92 Å². The zero-order valence-electron chi connectivity index (χ0n) is 14.6. The normalized spacial score (nSPS) is 17.9. The molecule has 136 valence electrons. The largest absolute Gasteiger partial charge is 0.492 e. The molecular formula is C21H18FN3O2. The predicted octanol–water partition coefficient (Wildman–Crippen LogP) is 4.45. The van der Waals surface area contributed by atoms with Crippen LogP contribution in [0.1, 0.15) is 35.4 Å². The fourth-order valence-electron chi connectivity index (χ4n) is 3.09. The molecule has 5 nitrogen and oxygen atoms in total. The van der Waals surface area contributed by atoms with Crippen molar-refractivity contribution in [3.63, 3.8) is 0 Å². The maximum Gasteiger partial charge on any atom is 0.232 e. The van der Waals surface area contributed by atoms with E-state index in [1.165, 1.54) is 12.1 Å². The maximum atomic E-state index is 13.1. The Bertz CT molecular complexity index is 948. The molecule has 0 radical (unpaired) electrons. The van der Waals surface area contributed by atoms with Crippen molar-refractivity contribution >= 4 is 5.88 Å². The highest BCUT2D eigenvalue weighted by molar-refractivity contribution is 5.46. The lowest BCUT2D eigenvalue weighted by Gasteiger charge is -2.06. The van der Waals surface area contributed by atoms with Crippen LogP contribution >= 0.6 is 0 Å². The van der Waals surface area contributed by atoms with Crippen LogP contribution in [0, 0.1) is 17.1 Å². The van der Waals surface area contributed by atoms with Crippen LogP contribution in [0.25, 0.3) is 0 Å². The van der Waals surface area contributed by atoms with Crippen LogP contribution in [0.5, 0.6) is 5.75 Å². The molecule has 27 heavy (non-hydrogen) atoms. The first-order valence-electron chi connectivity index (χ1n) is 8.82. The number of hydrogen-bond acceptors (Lipinski definition) is 5. The van der Waals surface area contributed by atoms with Crippen LogP contribution in [-0.4, -0.2) is 18.1 Å². The SMILES string of the molecule is N#Cc1nc(C2CC2c2ccc(F)cc2)oc1NCCOc1ccccc1. The third kappa shape index (κ3) is 3.93. The molecule has 0 aliphatic heterocycles. The van der Waals surface area contributed by atoms with E-state index in [2.05, 4.69) is 16.4 Å². The molecule has 4 rings (SSSR count). The molecule has 0 spiro atoms. The number of nitrogens with zero attached hydrogens (tertiary/aromatic N) is 2. The van der Waals surface area contributed by atoms with Gasteiger partial charge in [-0.1, -0.05) is 30.3 Å². The fourth-order valence-corrected chi connectivity index (χ4v) is 3.09. The summed E-state index contributed by atoms with van der Waals surface area (Å²) in [5.74, 6) is 1.84. The summed E-state index contributed by atoms with van der Waals surface area (Å²) in [5.41, 5.74) is 1.30. The Hall–Kier alpha value is -3.33. The smallest absolute Gasteiger partial charge is 0.232 e. The van der Waals surface area contributed by atoms with E-state index < -0.39 is 0 Å². The van der Waals surface area contributed by atoms with Crippen molar-refractivity contribution in [3.8, 4) is 11.8 Å². The third-order valence-electron chi connectivity index (χ3n) is 4.55. The number of benzene rings is 2. The minimum Gasteiger partial charge on any atom is -0.492 e. The van der Waals surface area contributed by atoms with Crippen molar-refractivity contribution in [1.29, 1.82) is 5.26 Å². The highest BCUT2D eigenvalue weighted by Gasteiger charge is 2.43. The lowest BCUT2D eigenvalue weighted by Crippen LogP contribution is -2.11. The number of oxazole rings is 1.